The summed E-state index contributed by atoms with van der Waals surface area (Å²) >= 11 is 0. The average molecular weight is 279 g/mol. The van der Waals surface area contributed by atoms with E-state index in [2.05, 4.69) is 4.90 Å². The monoisotopic (exact) mass is 279 g/mol. The number of carbonyl (C=O) groups is 1. The molecule has 20 heavy (non-hydrogen) atoms. The van der Waals surface area contributed by atoms with Gasteiger partial charge in [-0.2, -0.15) is 0 Å². The number of morpholine rings is 1. The van der Waals surface area contributed by atoms with Gasteiger partial charge in [0.2, 0.25) is 5.76 Å². The van der Waals surface area contributed by atoms with Gasteiger partial charge in [0.05, 0.1) is 26.1 Å². The highest BCUT2D eigenvalue weighted by atomic mass is 16.5. The molecule has 1 aromatic rings. The third-order valence-corrected chi connectivity index (χ3v) is 4.34. The molecular weight excluding hydrogens is 258 g/mol. The molecule has 5 heteroatoms. The minimum atomic E-state index is -0.404. The van der Waals surface area contributed by atoms with E-state index in [4.69, 9.17) is 13.9 Å². The van der Waals surface area contributed by atoms with Crippen LogP contribution in [0.2, 0.25) is 0 Å². The summed E-state index contributed by atoms with van der Waals surface area (Å²) in [5.41, 5.74) is 0.906. The van der Waals surface area contributed by atoms with Crippen LogP contribution in [0.1, 0.15) is 41.8 Å². The fraction of sp³-hybridized carbons (Fsp3) is 0.667. The van der Waals surface area contributed by atoms with Gasteiger partial charge >= 0.3 is 5.97 Å². The Morgan fingerprint density at radius 3 is 3.15 bits per heavy atom. The Morgan fingerprint density at radius 2 is 2.30 bits per heavy atom. The molecule has 2 atom stereocenters. The van der Waals surface area contributed by atoms with Crippen LogP contribution >= 0.6 is 0 Å². The molecule has 2 aliphatic rings. The lowest BCUT2D eigenvalue weighted by atomic mass is 9.90. The Labute approximate surface area is 118 Å². The molecule has 2 fully saturated rings. The van der Waals surface area contributed by atoms with Crippen molar-refractivity contribution in [2.45, 2.75) is 44.4 Å². The molecule has 0 spiro atoms. The number of esters is 1. The molecule has 2 heterocycles. The summed E-state index contributed by atoms with van der Waals surface area (Å²) in [6, 6.07) is 2.33. The van der Waals surface area contributed by atoms with E-state index in [-0.39, 0.29) is 0 Å². The highest BCUT2D eigenvalue weighted by Crippen LogP contribution is 2.30. The van der Waals surface area contributed by atoms with Crippen LogP contribution < -0.4 is 0 Å². The number of carbonyl (C=O) groups excluding carboxylic acids is 1. The van der Waals surface area contributed by atoms with Crippen molar-refractivity contribution in [2.24, 2.45) is 0 Å². The van der Waals surface area contributed by atoms with Crippen LogP contribution in [0.3, 0.4) is 0 Å². The van der Waals surface area contributed by atoms with E-state index in [9.17, 15) is 4.79 Å². The molecule has 110 valence electrons. The van der Waals surface area contributed by atoms with Gasteiger partial charge in [0.15, 0.2) is 0 Å². The molecule has 1 saturated carbocycles. The van der Waals surface area contributed by atoms with Crippen molar-refractivity contribution in [1.82, 2.24) is 4.90 Å². The molecule has 0 bridgehead atoms. The van der Waals surface area contributed by atoms with E-state index in [1.54, 1.807) is 6.26 Å². The summed E-state index contributed by atoms with van der Waals surface area (Å²) < 4.78 is 15.9. The van der Waals surface area contributed by atoms with Crippen LogP contribution in [0.25, 0.3) is 0 Å². The van der Waals surface area contributed by atoms with Crippen LogP contribution in [-0.2, 0) is 16.0 Å². The highest BCUT2D eigenvalue weighted by molar-refractivity contribution is 5.87. The molecule has 1 aliphatic carbocycles. The SMILES string of the molecule is COC(=O)c1occc1CN1CCO[C@@H]2CCCC[C@H]21. The van der Waals surface area contributed by atoms with Gasteiger partial charge in [-0.3, -0.25) is 4.90 Å². The number of hydrogen-bond acceptors (Lipinski definition) is 5. The maximum atomic E-state index is 11.7. The number of fused-ring (bicyclic) bond motifs is 1. The lowest BCUT2D eigenvalue weighted by Crippen LogP contribution is -2.52. The van der Waals surface area contributed by atoms with Crippen molar-refractivity contribution in [3.8, 4) is 0 Å². The van der Waals surface area contributed by atoms with Gasteiger partial charge in [0.25, 0.3) is 0 Å². The first-order valence-corrected chi connectivity index (χ1v) is 7.30. The molecule has 5 nitrogen and oxygen atoms in total. The number of nitrogens with zero attached hydrogens (tertiary/aromatic N) is 1. The number of ether oxygens (including phenoxy) is 2. The zero-order valence-corrected chi connectivity index (χ0v) is 11.8. The molecule has 1 aromatic heterocycles. The van der Waals surface area contributed by atoms with Crippen LogP contribution in [0.5, 0.6) is 0 Å². The van der Waals surface area contributed by atoms with Gasteiger partial charge in [-0.15, -0.1) is 0 Å². The maximum Gasteiger partial charge on any atom is 0.374 e. The molecular formula is C15H21NO4. The molecule has 0 amide bonds. The van der Waals surface area contributed by atoms with E-state index in [0.717, 1.165) is 31.7 Å². The summed E-state index contributed by atoms with van der Waals surface area (Å²) in [7, 11) is 1.38. The predicted octanol–water partition coefficient (Wildman–Crippen LogP) is 2.21. The molecule has 0 N–H and O–H groups in total. The third kappa shape index (κ3) is 2.60. The van der Waals surface area contributed by atoms with Crippen molar-refractivity contribution in [1.29, 1.82) is 0 Å². The molecule has 3 rings (SSSR count). The van der Waals surface area contributed by atoms with Crippen molar-refractivity contribution in [3.05, 3.63) is 23.7 Å². The quantitative estimate of drug-likeness (QED) is 0.794. The van der Waals surface area contributed by atoms with Gasteiger partial charge < -0.3 is 13.9 Å². The number of methoxy groups -OCH3 is 1. The predicted molar refractivity (Wildman–Crippen MR) is 72.5 cm³/mol. The Bertz CT molecular complexity index is 468. The maximum absolute atomic E-state index is 11.7. The Kier molecular flexibility index (Phi) is 4.08. The lowest BCUT2D eigenvalue weighted by Gasteiger charge is -2.43. The van der Waals surface area contributed by atoms with Crippen LogP contribution in [0.15, 0.2) is 16.7 Å². The second-order valence-electron chi connectivity index (χ2n) is 5.50. The van der Waals surface area contributed by atoms with Gasteiger partial charge in [-0.05, 0) is 18.9 Å². The second kappa shape index (κ2) is 5.97. The molecule has 0 aromatic carbocycles. The molecule has 0 unspecified atom stereocenters. The summed E-state index contributed by atoms with van der Waals surface area (Å²) in [4.78, 5) is 14.1. The second-order valence-corrected chi connectivity index (χ2v) is 5.50. The zero-order chi connectivity index (χ0) is 13.9. The highest BCUT2D eigenvalue weighted by Gasteiger charge is 2.34. The first-order chi connectivity index (χ1) is 9.79. The number of hydrogen-bond donors (Lipinski definition) is 0. The minimum absolute atomic E-state index is 0.325. The summed E-state index contributed by atoms with van der Waals surface area (Å²) in [6.07, 6.45) is 6.75. The van der Waals surface area contributed by atoms with Gasteiger partial charge in [0, 0.05) is 24.7 Å². The number of furan rings is 1. The van der Waals surface area contributed by atoms with E-state index in [1.165, 1.54) is 26.4 Å². The van der Waals surface area contributed by atoms with Crippen LogP contribution in [0.4, 0.5) is 0 Å². The van der Waals surface area contributed by atoms with Gasteiger partial charge in [-0.25, -0.2) is 4.79 Å². The average Bonchev–Trinajstić information content (AvgIpc) is 2.95. The standard InChI is InChI=1S/C15H21NO4/c1-18-15(17)14-11(6-8-20-14)10-16-7-9-19-13-5-3-2-4-12(13)16/h6,8,12-13H,2-5,7,9-10H2,1H3/t12-,13-/m1/s1. The van der Waals surface area contributed by atoms with Crippen LogP contribution in [0, 0.1) is 0 Å². The van der Waals surface area contributed by atoms with E-state index < -0.39 is 5.97 Å². The van der Waals surface area contributed by atoms with Crippen molar-refractivity contribution in [2.75, 3.05) is 20.3 Å². The summed E-state index contributed by atoms with van der Waals surface area (Å²) in [5, 5.41) is 0. The smallest absolute Gasteiger partial charge is 0.374 e. The zero-order valence-electron chi connectivity index (χ0n) is 11.8. The van der Waals surface area contributed by atoms with E-state index >= 15 is 0 Å². The summed E-state index contributed by atoms with van der Waals surface area (Å²) in [5.74, 6) is -0.0789. The normalized spacial score (nSPS) is 27.1. The Balaban J connectivity index is 1.73. The molecule has 1 saturated heterocycles. The van der Waals surface area contributed by atoms with Crippen molar-refractivity contribution < 1.29 is 18.7 Å². The summed E-state index contributed by atoms with van der Waals surface area (Å²) in [6.45, 7) is 2.41. The first-order valence-electron chi connectivity index (χ1n) is 7.30. The first kappa shape index (κ1) is 13.6. The topological polar surface area (TPSA) is 51.9 Å². The fourth-order valence-electron chi connectivity index (χ4n) is 3.32. The Hall–Kier alpha value is -1.33. The van der Waals surface area contributed by atoms with Crippen molar-refractivity contribution >= 4 is 5.97 Å². The van der Waals surface area contributed by atoms with Gasteiger partial charge in [0.1, 0.15) is 0 Å². The fourth-order valence-corrected chi connectivity index (χ4v) is 3.32. The number of rotatable bonds is 3. The lowest BCUT2D eigenvalue weighted by molar-refractivity contribution is -0.0912. The molecule has 0 radical (unpaired) electrons. The third-order valence-electron chi connectivity index (χ3n) is 4.34. The van der Waals surface area contributed by atoms with E-state index in [1.807, 2.05) is 6.07 Å². The largest absolute Gasteiger partial charge is 0.463 e. The van der Waals surface area contributed by atoms with Gasteiger partial charge in [-0.1, -0.05) is 12.8 Å². The van der Waals surface area contributed by atoms with Crippen LogP contribution in [-0.4, -0.2) is 43.3 Å². The Morgan fingerprint density at radius 1 is 1.45 bits per heavy atom. The minimum Gasteiger partial charge on any atom is -0.463 e. The van der Waals surface area contributed by atoms with E-state index in [0.29, 0.717) is 17.9 Å². The van der Waals surface area contributed by atoms with Crippen molar-refractivity contribution in [3.63, 3.8) is 0 Å². The molecule has 1 aliphatic heterocycles.